The van der Waals surface area contributed by atoms with Gasteiger partial charge in [0.25, 0.3) is 0 Å². The molecule has 0 radical (unpaired) electrons. The first kappa shape index (κ1) is 13.3. The van der Waals surface area contributed by atoms with E-state index >= 15 is 0 Å². The largest absolute Gasteiger partial charge is 0.462 e. The lowest BCUT2D eigenvalue weighted by atomic mass is 9.98. The number of anilines is 1. The zero-order valence-electron chi connectivity index (χ0n) is 11.0. The third kappa shape index (κ3) is 3.02. The number of hydrogen-bond acceptors (Lipinski definition) is 5. The average Bonchev–Trinajstić information content (AvgIpc) is 2.47. The Kier molecular flexibility index (Phi) is 4.35. The normalized spacial score (nSPS) is 15.9. The molecule has 1 aliphatic heterocycles. The van der Waals surface area contributed by atoms with Crippen LogP contribution >= 0.6 is 0 Å². The van der Waals surface area contributed by atoms with Crippen molar-refractivity contribution in [1.29, 1.82) is 5.26 Å². The van der Waals surface area contributed by atoms with E-state index in [2.05, 4.69) is 16.0 Å². The lowest BCUT2D eigenvalue weighted by Gasteiger charge is -2.30. The molecule has 0 bridgehead atoms. The van der Waals surface area contributed by atoms with Crippen LogP contribution in [0.15, 0.2) is 18.3 Å². The maximum Gasteiger partial charge on any atom is 0.341 e. The number of pyridine rings is 1. The topological polar surface area (TPSA) is 66.2 Å². The maximum absolute atomic E-state index is 11.9. The van der Waals surface area contributed by atoms with Gasteiger partial charge in [-0.3, -0.25) is 0 Å². The van der Waals surface area contributed by atoms with Gasteiger partial charge in [0.05, 0.1) is 12.7 Å². The van der Waals surface area contributed by atoms with Crippen LogP contribution in [-0.4, -0.2) is 30.6 Å². The molecule has 19 heavy (non-hydrogen) atoms. The van der Waals surface area contributed by atoms with E-state index in [0.717, 1.165) is 25.9 Å². The monoisotopic (exact) mass is 259 g/mol. The molecule has 0 amide bonds. The van der Waals surface area contributed by atoms with Crippen LogP contribution < -0.4 is 4.90 Å². The minimum Gasteiger partial charge on any atom is -0.462 e. The van der Waals surface area contributed by atoms with E-state index in [1.807, 2.05) is 0 Å². The zero-order valence-corrected chi connectivity index (χ0v) is 11.0. The molecule has 1 aliphatic rings. The molecule has 1 aromatic rings. The molecule has 0 aromatic carbocycles. The second kappa shape index (κ2) is 6.19. The number of nitriles is 1. The minimum absolute atomic E-state index is 0.117. The highest BCUT2D eigenvalue weighted by molar-refractivity contribution is 5.94. The number of carbonyl (C=O) groups is 1. The summed E-state index contributed by atoms with van der Waals surface area (Å²) in [5.41, 5.74) is 0.500. The maximum atomic E-state index is 11.9. The van der Waals surface area contributed by atoms with Gasteiger partial charge in [-0.1, -0.05) is 0 Å². The third-order valence-electron chi connectivity index (χ3n) is 3.26. The molecule has 1 saturated heterocycles. The van der Waals surface area contributed by atoms with E-state index in [4.69, 9.17) is 10.00 Å². The molecule has 5 heteroatoms. The van der Waals surface area contributed by atoms with Gasteiger partial charge < -0.3 is 9.64 Å². The summed E-state index contributed by atoms with van der Waals surface area (Å²) in [6, 6.07) is 5.76. The zero-order chi connectivity index (χ0) is 13.7. The molecule has 1 aromatic heterocycles. The fourth-order valence-corrected chi connectivity index (χ4v) is 2.24. The van der Waals surface area contributed by atoms with Crippen LogP contribution in [-0.2, 0) is 4.74 Å². The van der Waals surface area contributed by atoms with E-state index in [-0.39, 0.29) is 11.9 Å². The molecular formula is C14H17N3O2. The number of nitrogens with zero attached hydrogens (tertiary/aromatic N) is 3. The predicted molar refractivity (Wildman–Crippen MR) is 70.7 cm³/mol. The first-order valence-corrected chi connectivity index (χ1v) is 6.53. The number of aromatic nitrogens is 1. The van der Waals surface area contributed by atoms with Crippen LogP contribution in [0.5, 0.6) is 0 Å². The van der Waals surface area contributed by atoms with Crippen LogP contribution in [0.3, 0.4) is 0 Å². The molecule has 0 N–H and O–H groups in total. The molecule has 0 unspecified atom stereocenters. The van der Waals surface area contributed by atoms with Gasteiger partial charge in [0.15, 0.2) is 0 Å². The van der Waals surface area contributed by atoms with Gasteiger partial charge in [-0.25, -0.2) is 9.78 Å². The summed E-state index contributed by atoms with van der Waals surface area (Å²) in [6.45, 7) is 3.64. The standard InChI is InChI=1S/C14H17N3O2/c1-2-19-14(18)12-4-3-7-16-13(12)17-8-5-11(10-15)6-9-17/h3-4,7,11H,2,5-6,8-9H2,1H3. The van der Waals surface area contributed by atoms with Crippen molar-refractivity contribution < 1.29 is 9.53 Å². The van der Waals surface area contributed by atoms with Crippen LogP contribution in [0.25, 0.3) is 0 Å². The Hall–Kier alpha value is -2.09. The van der Waals surface area contributed by atoms with Gasteiger partial charge >= 0.3 is 5.97 Å². The second-order valence-corrected chi connectivity index (χ2v) is 4.49. The minimum atomic E-state index is -0.340. The Morgan fingerprint density at radius 3 is 2.95 bits per heavy atom. The summed E-state index contributed by atoms with van der Waals surface area (Å²) in [6.07, 6.45) is 3.30. The summed E-state index contributed by atoms with van der Waals surface area (Å²) < 4.78 is 5.04. The molecule has 0 aliphatic carbocycles. The van der Waals surface area contributed by atoms with Gasteiger partial charge in [-0.15, -0.1) is 0 Å². The molecule has 1 fully saturated rings. The number of ether oxygens (including phenoxy) is 1. The number of rotatable bonds is 3. The summed E-state index contributed by atoms with van der Waals surface area (Å²) in [5.74, 6) is 0.441. The lowest BCUT2D eigenvalue weighted by Crippen LogP contribution is -2.35. The molecule has 0 atom stereocenters. The van der Waals surface area contributed by atoms with Gasteiger partial charge in [-0.05, 0) is 31.9 Å². The van der Waals surface area contributed by atoms with Crippen LogP contribution in [0, 0.1) is 17.2 Å². The van der Waals surface area contributed by atoms with Gasteiger partial charge in [-0.2, -0.15) is 5.26 Å². The summed E-state index contributed by atoms with van der Waals surface area (Å²) >= 11 is 0. The van der Waals surface area contributed by atoms with Gasteiger partial charge in [0.1, 0.15) is 11.4 Å². The Balaban J connectivity index is 2.17. The SMILES string of the molecule is CCOC(=O)c1cccnc1N1CCC(C#N)CC1. The summed E-state index contributed by atoms with van der Waals surface area (Å²) in [5, 5.41) is 8.90. The van der Waals surface area contributed by atoms with E-state index < -0.39 is 0 Å². The third-order valence-corrected chi connectivity index (χ3v) is 3.26. The highest BCUT2D eigenvalue weighted by Gasteiger charge is 2.23. The highest BCUT2D eigenvalue weighted by Crippen LogP contribution is 2.24. The Morgan fingerprint density at radius 1 is 1.58 bits per heavy atom. The number of carbonyl (C=O) groups excluding carboxylic acids is 1. The van der Waals surface area contributed by atoms with Crippen LogP contribution in [0.4, 0.5) is 5.82 Å². The van der Waals surface area contributed by atoms with Crippen molar-refractivity contribution in [3.63, 3.8) is 0 Å². The van der Waals surface area contributed by atoms with E-state index in [9.17, 15) is 4.79 Å². The van der Waals surface area contributed by atoms with Crippen LogP contribution in [0.2, 0.25) is 0 Å². The van der Waals surface area contributed by atoms with Gasteiger partial charge in [0.2, 0.25) is 0 Å². The lowest BCUT2D eigenvalue weighted by molar-refractivity contribution is 0.0526. The van der Waals surface area contributed by atoms with Crippen molar-refractivity contribution in [3.05, 3.63) is 23.9 Å². The predicted octanol–water partition coefficient (Wildman–Crippen LogP) is 2.00. The Morgan fingerprint density at radius 2 is 2.32 bits per heavy atom. The second-order valence-electron chi connectivity index (χ2n) is 4.49. The number of piperidine rings is 1. The van der Waals surface area contributed by atoms with Gasteiger partial charge in [0, 0.05) is 25.2 Å². The Bertz CT molecular complexity index is 488. The highest BCUT2D eigenvalue weighted by atomic mass is 16.5. The van der Waals surface area contributed by atoms with Crippen molar-refractivity contribution in [2.24, 2.45) is 5.92 Å². The fraction of sp³-hybridized carbons (Fsp3) is 0.500. The summed E-state index contributed by atoms with van der Waals surface area (Å²) in [7, 11) is 0. The van der Waals surface area contributed by atoms with E-state index in [1.54, 1.807) is 25.3 Å². The average molecular weight is 259 g/mol. The van der Waals surface area contributed by atoms with Crippen molar-refractivity contribution in [3.8, 4) is 6.07 Å². The van der Waals surface area contributed by atoms with Crippen molar-refractivity contribution in [2.45, 2.75) is 19.8 Å². The fourth-order valence-electron chi connectivity index (χ4n) is 2.24. The molecule has 0 spiro atoms. The first-order chi connectivity index (χ1) is 9.26. The molecule has 100 valence electrons. The van der Waals surface area contributed by atoms with Crippen molar-refractivity contribution in [1.82, 2.24) is 4.98 Å². The molecule has 0 saturated carbocycles. The van der Waals surface area contributed by atoms with Crippen molar-refractivity contribution in [2.75, 3.05) is 24.6 Å². The van der Waals surface area contributed by atoms with E-state index in [0.29, 0.717) is 18.0 Å². The number of hydrogen-bond donors (Lipinski definition) is 0. The summed E-state index contributed by atoms with van der Waals surface area (Å²) in [4.78, 5) is 18.2. The molecular weight excluding hydrogens is 242 g/mol. The first-order valence-electron chi connectivity index (χ1n) is 6.53. The molecule has 2 heterocycles. The van der Waals surface area contributed by atoms with Crippen LogP contribution in [0.1, 0.15) is 30.1 Å². The molecule has 2 rings (SSSR count). The smallest absolute Gasteiger partial charge is 0.341 e. The van der Waals surface area contributed by atoms with E-state index in [1.165, 1.54) is 0 Å². The van der Waals surface area contributed by atoms with Crippen molar-refractivity contribution >= 4 is 11.8 Å². The quantitative estimate of drug-likeness (QED) is 0.777. The Labute approximate surface area is 112 Å². The molecule has 5 nitrogen and oxygen atoms in total. The number of esters is 1.